The molecule has 1 N–H and O–H groups in total. The molecule has 0 aliphatic carbocycles. The van der Waals surface area contributed by atoms with Crippen molar-refractivity contribution in [3.8, 4) is 0 Å². The summed E-state index contributed by atoms with van der Waals surface area (Å²) in [5, 5.41) is 5.56. The van der Waals surface area contributed by atoms with E-state index < -0.39 is 0 Å². The van der Waals surface area contributed by atoms with Gasteiger partial charge in [0.05, 0.1) is 0 Å². The Kier molecular flexibility index (Phi) is 4.98. The Morgan fingerprint density at radius 1 is 1.47 bits per heavy atom. The van der Waals surface area contributed by atoms with Crippen LogP contribution in [0.5, 0.6) is 0 Å². The van der Waals surface area contributed by atoms with Crippen molar-refractivity contribution < 1.29 is 0 Å². The van der Waals surface area contributed by atoms with Crippen molar-refractivity contribution in [3.63, 3.8) is 0 Å². The summed E-state index contributed by atoms with van der Waals surface area (Å²) in [6.45, 7) is 9.22. The summed E-state index contributed by atoms with van der Waals surface area (Å²) in [5.74, 6) is 0. The molecule has 17 heavy (non-hydrogen) atoms. The van der Waals surface area contributed by atoms with Crippen LogP contribution in [0.1, 0.15) is 11.8 Å². The Labute approximate surface area is 108 Å². The van der Waals surface area contributed by atoms with Gasteiger partial charge >= 0.3 is 0 Å². The summed E-state index contributed by atoms with van der Waals surface area (Å²) >= 11 is 1.85. The van der Waals surface area contributed by atoms with Crippen LogP contribution in [0.4, 0.5) is 0 Å². The van der Waals surface area contributed by atoms with Crippen LogP contribution < -0.4 is 5.32 Å². The molecule has 0 amide bonds. The summed E-state index contributed by atoms with van der Waals surface area (Å²) in [4.78, 5) is 6.47. The smallest absolute Gasteiger partial charge is 0.0325 e. The number of nitrogens with one attached hydrogen (secondary N) is 1. The van der Waals surface area contributed by atoms with Gasteiger partial charge in [-0.2, -0.15) is 0 Å². The highest BCUT2D eigenvalue weighted by molar-refractivity contribution is 7.09. The van der Waals surface area contributed by atoms with Gasteiger partial charge in [-0.3, -0.25) is 9.80 Å². The average molecular weight is 253 g/mol. The highest BCUT2D eigenvalue weighted by Gasteiger charge is 2.17. The van der Waals surface area contributed by atoms with Gasteiger partial charge in [0.1, 0.15) is 0 Å². The predicted molar refractivity (Wildman–Crippen MR) is 74.6 cm³/mol. The van der Waals surface area contributed by atoms with Gasteiger partial charge in [-0.15, -0.1) is 11.3 Å². The van der Waals surface area contributed by atoms with E-state index in [0.29, 0.717) is 6.04 Å². The van der Waals surface area contributed by atoms with E-state index in [-0.39, 0.29) is 0 Å². The van der Waals surface area contributed by atoms with Crippen molar-refractivity contribution in [2.24, 2.45) is 0 Å². The van der Waals surface area contributed by atoms with Crippen LogP contribution in [0, 0.1) is 0 Å². The molecule has 0 saturated carbocycles. The van der Waals surface area contributed by atoms with Crippen LogP contribution >= 0.6 is 11.3 Å². The third-order valence-corrected chi connectivity index (χ3v) is 4.22. The van der Waals surface area contributed by atoms with Crippen molar-refractivity contribution >= 4 is 11.3 Å². The lowest BCUT2D eigenvalue weighted by molar-refractivity contribution is 0.144. The number of piperazine rings is 1. The second-order valence-electron chi connectivity index (χ2n) is 4.91. The minimum absolute atomic E-state index is 0.655. The lowest BCUT2D eigenvalue weighted by Crippen LogP contribution is -2.50. The molecule has 1 atom stereocenters. The molecule has 0 bridgehead atoms. The predicted octanol–water partition coefficient (Wildman–Crippen LogP) is 1.47. The second kappa shape index (κ2) is 6.50. The molecule has 1 unspecified atom stereocenters. The van der Waals surface area contributed by atoms with E-state index >= 15 is 0 Å². The maximum atomic E-state index is 3.41. The molecule has 1 aliphatic heterocycles. The Morgan fingerprint density at radius 2 is 2.24 bits per heavy atom. The third-order valence-electron chi connectivity index (χ3n) is 3.36. The molecule has 2 rings (SSSR count). The summed E-state index contributed by atoms with van der Waals surface area (Å²) in [7, 11) is 2.22. The maximum absolute atomic E-state index is 3.41. The number of hydrogen-bond donors (Lipinski definition) is 1. The molecule has 1 fully saturated rings. The van der Waals surface area contributed by atoms with Crippen molar-refractivity contribution in [2.75, 3.05) is 39.8 Å². The molecule has 3 nitrogen and oxygen atoms in total. The first-order valence-corrected chi connectivity index (χ1v) is 7.29. The number of hydrogen-bond acceptors (Lipinski definition) is 4. The van der Waals surface area contributed by atoms with E-state index in [1.807, 2.05) is 11.3 Å². The first-order valence-electron chi connectivity index (χ1n) is 6.41. The van der Waals surface area contributed by atoms with E-state index in [1.165, 1.54) is 18.0 Å². The minimum atomic E-state index is 0.655. The normalized spacial score (nSPS) is 19.7. The summed E-state index contributed by atoms with van der Waals surface area (Å²) in [5.41, 5.74) is 0. The summed E-state index contributed by atoms with van der Waals surface area (Å²) in [6.07, 6.45) is 0. The van der Waals surface area contributed by atoms with Gasteiger partial charge in [0.2, 0.25) is 0 Å². The topological polar surface area (TPSA) is 18.5 Å². The fourth-order valence-corrected chi connectivity index (χ4v) is 3.21. The Hall–Kier alpha value is -0.420. The summed E-state index contributed by atoms with van der Waals surface area (Å²) < 4.78 is 0. The van der Waals surface area contributed by atoms with E-state index in [4.69, 9.17) is 0 Å². The second-order valence-corrected chi connectivity index (χ2v) is 5.94. The number of likely N-dealkylation sites (N-methyl/N-ethyl adjacent to an activating group) is 1. The molecule has 2 heterocycles. The van der Waals surface area contributed by atoms with Crippen LogP contribution in [-0.2, 0) is 6.54 Å². The first-order chi connectivity index (χ1) is 8.25. The Bertz CT molecular complexity index is 306. The van der Waals surface area contributed by atoms with Crippen molar-refractivity contribution in [3.05, 3.63) is 22.4 Å². The van der Waals surface area contributed by atoms with E-state index in [9.17, 15) is 0 Å². The monoisotopic (exact) mass is 253 g/mol. The third kappa shape index (κ3) is 4.07. The zero-order valence-corrected chi connectivity index (χ0v) is 11.7. The minimum Gasteiger partial charge on any atom is -0.314 e. The fraction of sp³-hybridized carbons (Fsp3) is 0.692. The van der Waals surface area contributed by atoms with Crippen molar-refractivity contribution in [1.82, 2.24) is 15.1 Å². The molecule has 4 heteroatoms. The maximum Gasteiger partial charge on any atom is 0.0325 e. The standard InChI is InChI=1S/C13H23N3S/c1-12(16-7-5-14-6-8-16)10-15(2)11-13-4-3-9-17-13/h3-4,9,12,14H,5-8,10-11H2,1-2H3. The highest BCUT2D eigenvalue weighted by Crippen LogP contribution is 2.12. The molecule has 0 radical (unpaired) electrons. The lowest BCUT2D eigenvalue weighted by atomic mass is 10.2. The van der Waals surface area contributed by atoms with Crippen molar-refractivity contribution in [1.29, 1.82) is 0 Å². The molecular formula is C13H23N3S. The van der Waals surface area contributed by atoms with Gasteiger partial charge in [-0.25, -0.2) is 0 Å². The molecule has 1 aliphatic rings. The molecule has 1 aromatic rings. The quantitative estimate of drug-likeness (QED) is 0.857. The number of rotatable bonds is 5. The largest absolute Gasteiger partial charge is 0.314 e. The van der Waals surface area contributed by atoms with Crippen LogP contribution in [0.15, 0.2) is 17.5 Å². The van der Waals surface area contributed by atoms with Crippen LogP contribution in [0.25, 0.3) is 0 Å². The van der Waals surface area contributed by atoms with Crippen molar-refractivity contribution in [2.45, 2.75) is 19.5 Å². The van der Waals surface area contributed by atoms with Crippen LogP contribution in [0.2, 0.25) is 0 Å². The molecule has 96 valence electrons. The van der Waals surface area contributed by atoms with E-state index in [0.717, 1.165) is 26.2 Å². The van der Waals surface area contributed by atoms with E-state index in [2.05, 4.69) is 46.6 Å². The molecular weight excluding hydrogens is 230 g/mol. The van der Waals surface area contributed by atoms with Gasteiger partial charge in [0.25, 0.3) is 0 Å². The highest BCUT2D eigenvalue weighted by atomic mass is 32.1. The molecule has 1 saturated heterocycles. The van der Waals surface area contributed by atoms with E-state index in [1.54, 1.807) is 0 Å². The van der Waals surface area contributed by atoms with Gasteiger partial charge in [0.15, 0.2) is 0 Å². The zero-order valence-electron chi connectivity index (χ0n) is 10.9. The summed E-state index contributed by atoms with van der Waals surface area (Å²) in [6, 6.07) is 5.01. The van der Waals surface area contributed by atoms with Gasteiger partial charge in [-0.1, -0.05) is 6.07 Å². The zero-order chi connectivity index (χ0) is 12.1. The van der Waals surface area contributed by atoms with Gasteiger partial charge in [-0.05, 0) is 25.4 Å². The lowest BCUT2D eigenvalue weighted by Gasteiger charge is -2.34. The number of nitrogens with zero attached hydrogens (tertiary/aromatic N) is 2. The van der Waals surface area contributed by atoms with Crippen LogP contribution in [0.3, 0.4) is 0 Å². The Morgan fingerprint density at radius 3 is 2.88 bits per heavy atom. The first kappa shape index (κ1) is 13.0. The Balaban J connectivity index is 1.75. The molecule has 1 aromatic heterocycles. The van der Waals surface area contributed by atoms with Gasteiger partial charge in [0, 0.05) is 50.2 Å². The van der Waals surface area contributed by atoms with Gasteiger partial charge < -0.3 is 5.32 Å². The average Bonchev–Trinajstić information content (AvgIpc) is 2.82. The SMILES string of the molecule is CC(CN(C)Cc1cccs1)N1CCNCC1. The molecule has 0 spiro atoms. The van der Waals surface area contributed by atoms with Crippen LogP contribution in [-0.4, -0.2) is 55.6 Å². The molecule has 0 aromatic carbocycles. The number of thiophene rings is 1. The fourth-order valence-electron chi connectivity index (χ4n) is 2.42.